The van der Waals surface area contributed by atoms with E-state index >= 15 is 0 Å². The summed E-state index contributed by atoms with van der Waals surface area (Å²) in [5.41, 5.74) is 4.06. The molecule has 0 aliphatic rings. The summed E-state index contributed by atoms with van der Waals surface area (Å²) in [4.78, 5) is 0. The van der Waals surface area contributed by atoms with Crippen LogP contribution in [0.15, 0.2) is 121 Å². The van der Waals surface area contributed by atoms with Crippen LogP contribution in [-0.2, 0) is 0 Å². The molecule has 0 saturated carbocycles. The highest BCUT2D eigenvalue weighted by molar-refractivity contribution is 6.10. The van der Waals surface area contributed by atoms with Crippen molar-refractivity contribution in [2.45, 2.75) is 32.2 Å². The van der Waals surface area contributed by atoms with E-state index < -0.39 is 29.9 Å². The van der Waals surface area contributed by atoms with Crippen LogP contribution in [-0.4, -0.2) is 16.9 Å². The number of benzene rings is 4. The smallest absolute Gasteiger partial charge is 0.337 e. The van der Waals surface area contributed by atoms with Crippen molar-refractivity contribution in [1.29, 1.82) is 0 Å². The first-order valence-corrected chi connectivity index (χ1v) is 13.1. The van der Waals surface area contributed by atoms with Gasteiger partial charge in [-0.15, -0.1) is 0 Å². The van der Waals surface area contributed by atoms with Crippen LogP contribution in [0.1, 0.15) is 19.9 Å². The molecule has 0 radical (unpaired) electrons. The minimum Gasteiger partial charge on any atom is -0.337 e. The van der Waals surface area contributed by atoms with Crippen LogP contribution in [0, 0.1) is 5.92 Å². The Balaban J connectivity index is 1.70. The molecular formula is C34H27F6N. The number of rotatable bonds is 6. The van der Waals surface area contributed by atoms with Gasteiger partial charge in [0.25, 0.3) is 0 Å². The third-order valence-electron chi connectivity index (χ3n) is 7.43. The molecule has 2 unspecified atom stereocenters. The average molecular weight is 564 g/mol. The van der Waals surface area contributed by atoms with Gasteiger partial charge in [0.05, 0.1) is 5.92 Å². The van der Waals surface area contributed by atoms with Crippen molar-refractivity contribution in [3.63, 3.8) is 0 Å². The predicted molar refractivity (Wildman–Crippen MR) is 154 cm³/mol. The second kappa shape index (κ2) is 11.0. The number of nitrogens with zero attached hydrogens (tertiary/aromatic N) is 1. The Hall–Kier alpha value is -4.26. The summed E-state index contributed by atoms with van der Waals surface area (Å²) >= 11 is 0. The summed E-state index contributed by atoms with van der Waals surface area (Å²) in [7, 11) is 0. The number of fused-ring (bicyclic) bond motifs is 3. The fraction of sp³-hybridized carbons (Fsp3) is 0.176. The lowest BCUT2D eigenvalue weighted by Crippen LogP contribution is -2.29. The van der Waals surface area contributed by atoms with Crippen molar-refractivity contribution in [3.05, 3.63) is 121 Å². The highest BCUT2D eigenvalue weighted by atomic mass is 19.4. The lowest BCUT2D eigenvalue weighted by atomic mass is 9.98. The van der Waals surface area contributed by atoms with Crippen LogP contribution in [0.5, 0.6) is 0 Å². The molecule has 5 rings (SSSR count). The summed E-state index contributed by atoms with van der Waals surface area (Å²) < 4.78 is 83.6. The van der Waals surface area contributed by atoms with Crippen LogP contribution in [0.2, 0.25) is 0 Å². The van der Waals surface area contributed by atoms with Gasteiger partial charge in [-0.05, 0) is 60.4 Å². The summed E-state index contributed by atoms with van der Waals surface area (Å²) in [5.74, 6) is -2.03. The van der Waals surface area contributed by atoms with E-state index in [0.717, 1.165) is 52.1 Å². The standard InChI is InChI=1S/C34H27F6N/c1-22(33(35,36)37)10-9-15-30(34(38,39)40)23(2)41-31-18-16-26(24-11-5-3-6-12-24)20-28(31)29-21-27(17-19-32(29)41)25-13-7-4-8-14-25/h3-21,23,30H,1-2H3/b15-9-,22-10+. The van der Waals surface area contributed by atoms with Gasteiger partial charge < -0.3 is 4.57 Å². The van der Waals surface area contributed by atoms with Crippen LogP contribution in [0.25, 0.3) is 44.1 Å². The predicted octanol–water partition coefficient (Wildman–Crippen LogP) is 10.9. The van der Waals surface area contributed by atoms with Gasteiger partial charge in [-0.2, -0.15) is 26.3 Å². The maximum absolute atomic E-state index is 14.4. The number of halogens is 6. The molecule has 0 fully saturated rings. The first-order chi connectivity index (χ1) is 19.4. The highest BCUT2D eigenvalue weighted by Crippen LogP contribution is 2.42. The minimum atomic E-state index is -4.69. The van der Waals surface area contributed by atoms with Crippen molar-refractivity contribution in [2.75, 3.05) is 0 Å². The van der Waals surface area contributed by atoms with Crippen molar-refractivity contribution in [2.24, 2.45) is 5.92 Å². The first-order valence-electron chi connectivity index (χ1n) is 13.1. The summed E-state index contributed by atoms with van der Waals surface area (Å²) in [6.45, 7) is 2.29. The molecule has 0 bridgehead atoms. The molecule has 0 aliphatic heterocycles. The number of aromatic nitrogens is 1. The third-order valence-corrected chi connectivity index (χ3v) is 7.43. The van der Waals surface area contributed by atoms with Gasteiger partial charge in [-0.1, -0.05) is 91.0 Å². The molecule has 0 spiro atoms. The molecule has 2 atom stereocenters. The zero-order valence-electron chi connectivity index (χ0n) is 22.3. The fourth-order valence-electron chi connectivity index (χ4n) is 5.23. The van der Waals surface area contributed by atoms with Crippen LogP contribution in [0.3, 0.4) is 0 Å². The maximum Gasteiger partial charge on any atom is 0.412 e. The van der Waals surface area contributed by atoms with Gasteiger partial charge in [0.2, 0.25) is 0 Å². The van der Waals surface area contributed by atoms with E-state index in [9.17, 15) is 26.3 Å². The summed E-state index contributed by atoms with van der Waals surface area (Å²) in [6.07, 6.45) is -6.95. The van der Waals surface area contributed by atoms with Gasteiger partial charge in [0.15, 0.2) is 0 Å². The molecule has 0 amide bonds. The van der Waals surface area contributed by atoms with Crippen LogP contribution in [0.4, 0.5) is 26.3 Å². The van der Waals surface area contributed by atoms with Gasteiger partial charge in [0, 0.05) is 33.4 Å². The van der Waals surface area contributed by atoms with Crippen molar-refractivity contribution < 1.29 is 26.3 Å². The third kappa shape index (κ3) is 5.80. The Bertz CT molecular complexity index is 1630. The SMILES string of the molecule is C/C(=C\C=C/C(C(C)n1c2ccc(-c3ccccc3)cc2c2cc(-c3ccccc3)ccc21)C(F)(F)F)C(F)(F)F. The Morgan fingerprint density at radius 2 is 1.12 bits per heavy atom. The molecular weight excluding hydrogens is 536 g/mol. The Kier molecular flexibility index (Phi) is 7.56. The van der Waals surface area contributed by atoms with E-state index in [1.54, 1.807) is 4.57 Å². The molecule has 5 aromatic rings. The van der Waals surface area contributed by atoms with Crippen molar-refractivity contribution in [1.82, 2.24) is 4.57 Å². The van der Waals surface area contributed by atoms with Crippen LogP contribution >= 0.6 is 0 Å². The Labute approximate surface area is 234 Å². The topological polar surface area (TPSA) is 4.93 Å². The minimum absolute atomic E-state index is 0.613. The van der Waals surface area contributed by atoms with Crippen molar-refractivity contribution >= 4 is 21.8 Å². The molecule has 7 heteroatoms. The number of allylic oxidation sites excluding steroid dienone is 4. The zero-order valence-corrected chi connectivity index (χ0v) is 22.3. The summed E-state index contributed by atoms with van der Waals surface area (Å²) in [5, 5.41) is 1.59. The van der Waals surface area contributed by atoms with E-state index in [0.29, 0.717) is 17.1 Å². The average Bonchev–Trinajstić information content (AvgIpc) is 3.27. The zero-order chi connectivity index (χ0) is 29.4. The molecule has 41 heavy (non-hydrogen) atoms. The normalized spacial score (nSPS) is 14.7. The molecule has 1 aromatic heterocycles. The quantitative estimate of drug-likeness (QED) is 0.143. The van der Waals surface area contributed by atoms with E-state index in [1.165, 1.54) is 6.92 Å². The van der Waals surface area contributed by atoms with E-state index in [4.69, 9.17) is 0 Å². The molecule has 210 valence electrons. The molecule has 1 nitrogen and oxygen atoms in total. The molecule has 1 heterocycles. The summed E-state index contributed by atoms with van der Waals surface area (Å²) in [6, 6.07) is 29.6. The van der Waals surface area contributed by atoms with Gasteiger partial charge in [-0.25, -0.2) is 0 Å². The molecule has 0 saturated heterocycles. The Morgan fingerprint density at radius 3 is 1.54 bits per heavy atom. The number of hydrogen-bond acceptors (Lipinski definition) is 0. The number of hydrogen-bond donors (Lipinski definition) is 0. The molecule has 0 aliphatic carbocycles. The van der Waals surface area contributed by atoms with Crippen LogP contribution < -0.4 is 0 Å². The second-order valence-corrected chi connectivity index (χ2v) is 10.1. The Morgan fingerprint density at radius 1 is 0.659 bits per heavy atom. The lowest BCUT2D eigenvalue weighted by molar-refractivity contribution is -0.170. The van der Waals surface area contributed by atoms with E-state index in [-0.39, 0.29) is 0 Å². The van der Waals surface area contributed by atoms with Gasteiger partial charge in [-0.3, -0.25) is 0 Å². The monoisotopic (exact) mass is 563 g/mol. The number of alkyl halides is 6. The van der Waals surface area contributed by atoms with E-state index in [1.807, 2.05) is 97.1 Å². The largest absolute Gasteiger partial charge is 0.412 e. The van der Waals surface area contributed by atoms with Crippen molar-refractivity contribution in [3.8, 4) is 22.3 Å². The van der Waals surface area contributed by atoms with E-state index in [2.05, 4.69) is 0 Å². The maximum atomic E-state index is 14.4. The van der Waals surface area contributed by atoms with Gasteiger partial charge in [0.1, 0.15) is 0 Å². The second-order valence-electron chi connectivity index (χ2n) is 10.1. The van der Waals surface area contributed by atoms with Gasteiger partial charge >= 0.3 is 12.4 Å². The lowest BCUT2D eigenvalue weighted by Gasteiger charge is -2.26. The molecule has 0 N–H and O–H groups in total. The first kappa shape index (κ1) is 28.3. The fourth-order valence-corrected chi connectivity index (χ4v) is 5.23. The molecule has 4 aromatic carbocycles. The highest BCUT2D eigenvalue weighted by Gasteiger charge is 2.42.